The third kappa shape index (κ3) is 3.71. The number of rotatable bonds is 3. The molecular formula is C31H42O8. The molecule has 2 saturated carbocycles. The molecule has 0 radical (unpaired) electrons. The third-order valence-corrected chi connectivity index (χ3v) is 11.0. The van der Waals surface area contributed by atoms with Crippen molar-refractivity contribution in [1.82, 2.24) is 0 Å². The molecule has 3 aliphatic carbocycles. The van der Waals surface area contributed by atoms with E-state index in [0.29, 0.717) is 12.0 Å². The highest BCUT2D eigenvalue weighted by Crippen LogP contribution is 2.67. The minimum Gasteiger partial charge on any atom is -0.455 e. The van der Waals surface area contributed by atoms with Gasteiger partial charge in [0.15, 0.2) is 5.60 Å². The molecular weight excluding hydrogens is 500 g/mol. The van der Waals surface area contributed by atoms with Crippen molar-refractivity contribution in [1.29, 1.82) is 0 Å². The molecule has 4 aliphatic rings. The molecule has 1 saturated heterocycles. The fourth-order valence-electron chi connectivity index (χ4n) is 8.72. The quantitative estimate of drug-likeness (QED) is 0.392. The van der Waals surface area contributed by atoms with Gasteiger partial charge in [0.05, 0.1) is 30.3 Å². The highest BCUT2D eigenvalue weighted by molar-refractivity contribution is 5.89. The molecule has 2 bridgehead atoms. The molecule has 8 heteroatoms. The number of aliphatic hydroxyl groups excluding tert-OH is 2. The number of hydrogen-bond acceptors (Lipinski definition) is 8. The minimum atomic E-state index is -1.75. The zero-order chi connectivity index (χ0) is 28.7. The molecule has 8 nitrogen and oxygen atoms in total. The molecule has 3 N–H and O–H groups in total. The predicted molar refractivity (Wildman–Crippen MR) is 142 cm³/mol. The van der Waals surface area contributed by atoms with E-state index in [4.69, 9.17) is 14.2 Å². The molecule has 214 valence electrons. The molecule has 1 heterocycles. The predicted octanol–water partition coefficient (Wildman–Crippen LogP) is 3.42. The number of carbonyl (C=O) groups excluding carboxylic acids is 2. The van der Waals surface area contributed by atoms with Gasteiger partial charge in [-0.2, -0.15) is 0 Å². The summed E-state index contributed by atoms with van der Waals surface area (Å²) in [6.07, 6.45) is -3.22. The number of esters is 2. The van der Waals surface area contributed by atoms with Gasteiger partial charge in [-0.25, -0.2) is 4.79 Å². The Hall–Kier alpha value is -2.26. The first-order chi connectivity index (χ1) is 18.1. The summed E-state index contributed by atoms with van der Waals surface area (Å²) in [6, 6.07) is 8.54. The molecule has 0 aromatic heterocycles. The summed E-state index contributed by atoms with van der Waals surface area (Å²) < 4.78 is 18.4. The van der Waals surface area contributed by atoms with E-state index >= 15 is 0 Å². The second kappa shape index (κ2) is 9.13. The van der Waals surface area contributed by atoms with Crippen molar-refractivity contribution < 1.29 is 39.1 Å². The van der Waals surface area contributed by atoms with Crippen LogP contribution in [0.2, 0.25) is 0 Å². The average Bonchev–Trinajstić information content (AvgIpc) is 2.87. The standard InChI is InChI=1S/C31H42O8/c1-16-13-22-30(15-37-22,39-19(4)32)24-26(38-27(35)20-11-9-8-10-12-20)31(36)14-21(33)17(2)23(28(31,5)6)18(3)25(34)29(16,24)7/h8-12,16,18,21-22,24-26,33-34,36H,13-15H2,1-7H3/t16-,18+,21-,22+,24-,25-,26-,29+,30-,31+/m0/s1. The molecule has 0 unspecified atom stereocenters. The lowest BCUT2D eigenvalue weighted by atomic mass is 9.42. The summed E-state index contributed by atoms with van der Waals surface area (Å²) in [4.78, 5) is 26.3. The molecule has 39 heavy (non-hydrogen) atoms. The van der Waals surface area contributed by atoms with Gasteiger partial charge in [-0.3, -0.25) is 4.79 Å². The van der Waals surface area contributed by atoms with Gasteiger partial charge in [0, 0.05) is 30.1 Å². The topological polar surface area (TPSA) is 123 Å². The third-order valence-electron chi connectivity index (χ3n) is 11.0. The van der Waals surface area contributed by atoms with Crippen molar-refractivity contribution in [3.8, 4) is 0 Å². The van der Waals surface area contributed by atoms with Gasteiger partial charge in [-0.15, -0.1) is 0 Å². The van der Waals surface area contributed by atoms with Crippen LogP contribution in [-0.2, 0) is 19.0 Å². The summed E-state index contributed by atoms with van der Waals surface area (Å²) in [6.45, 7) is 12.9. The first kappa shape index (κ1) is 28.3. The SMILES string of the molecule is CC(=O)O[C@@]12CO[C@@H]1C[C@H](C)[C@]1(C)[C@@H]2[C@H](OC(=O)c2ccccc2)[C@]2(O)C[C@H](O)C(C)=C([C@@H](C)[C@@H]1O)C2(C)C. The van der Waals surface area contributed by atoms with Gasteiger partial charge in [0.2, 0.25) is 0 Å². The summed E-state index contributed by atoms with van der Waals surface area (Å²) in [7, 11) is 0. The first-order valence-corrected chi connectivity index (χ1v) is 14.0. The Morgan fingerprint density at radius 3 is 2.28 bits per heavy atom. The number of benzene rings is 1. The maximum absolute atomic E-state index is 13.7. The molecule has 1 aliphatic heterocycles. The smallest absolute Gasteiger partial charge is 0.338 e. The molecule has 10 atom stereocenters. The van der Waals surface area contributed by atoms with Crippen LogP contribution in [0.5, 0.6) is 0 Å². The van der Waals surface area contributed by atoms with Crippen molar-refractivity contribution in [2.45, 2.75) is 96.9 Å². The maximum Gasteiger partial charge on any atom is 0.338 e. The van der Waals surface area contributed by atoms with Crippen LogP contribution in [0.1, 0.15) is 71.7 Å². The van der Waals surface area contributed by atoms with E-state index in [-0.39, 0.29) is 18.9 Å². The van der Waals surface area contributed by atoms with Crippen LogP contribution in [0, 0.1) is 28.6 Å². The van der Waals surface area contributed by atoms with E-state index in [1.165, 1.54) is 6.92 Å². The first-order valence-electron chi connectivity index (χ1n) is 14.0. The van der Waals surface area contributed by atoms with Crippen LogP contribution in [-0.4, -0.2) is 69.5 Å². The molecule has 0 spiro atoms. The van der Waals surface area contributed by atoms with E-state index in [1.54, 1.807) is 30.3 Å². The molecule has 1 aromatic rings. The Morgan fingerprint density at radius 1 is 1.08 bits per heavy atom. The maximum atomic E-state index is 13.7. The zero-order valence-corrected chi connectivity index (χ0v) is 23.9. The van der Waals surface area contributed by atoms with Crippen molar-refractivity contribution in [2.24, 2.45) is 28.6 Å². The summed E-state index contributed by atoms with van der Waals surface area (Å²) in [5.74, 6) is -2.54. The Bertz CT molecular complexity index is 1190. The van der Waals surface area contributed by atoms with Crippen LogP contribution >= 0.6 is 0 Å². The Balaban J connectivity index is 1.80. The largest absolute Gasteiger partial charge is 0.455 e. The zero-order valence-electron chi connectivity index (χ0n) is 23.9. The van der Waals surface area contributed by atoms with E-state index in [9.17, 15) is 24.9 Å². The van der Waals surface area contributed by atoms with Crippen molar-refractivity contribution in [2.75, 3.05) is 6.61 Å². The van der Waals surface area contributed by atoms with E-state index < -0.39 is 70.2 Å². The van der Waals surface area contributed by atoms with Crippen molar-refractivity contribution in [3.05, 3.63) is 47.0 Å². The Labute approximate surface area is 230 Å². The van der Waals surface area contributed by atoms with Gasteiger partial charge < -0.3 is 29.5 Å². The normalized spacial score (nSPS) is 44.6. The molecule has 5 rings (SSSR count). The lowest BCUT2D eigenvalue weighted by Gasteiger charge is -2.69. The van der Waals surface area contributed by atoms with E-state index in [0.717, 1.165) is 11.1 Å². The molecule has 1 aromatic carbocycles. The highest BCUT2D eigenvalue weighted by Gasteiger charge is 2.76. The van der Waals surface area contributed by atoms with Crippen LogP contribution in [0.15, 0.2) is 41.5 Å². The lowest BCUT2D eigenvalue weighted by Crippen LogP contribution is -2.80. The number of fused-ring (bicyclic) bond motifs is 5. The Kier molecular flexibility index (Phi) is 6.62. The number of ether oxygens (including phenoxy) is 3. The summed E-state index contributed by atoms with van der Waals surface area (Å²) >= 11 is 0. The van der Waals surface area contributed by atoms with Crippen molar-refractivity contribution in [3.63, 3.8) is 0 Å². The minimum absolute atomic E-state index is 0.0610. The number of aliphatic hydroxyl groups is 3. The van der Waals surface area contributed by atoms with Gasteiger partial charge in [0.25, 0.3) is 0 Å². The van der Waals surface area contributed by atoms with Crippen LogP contribution in [0.4, 0.5) is 0 Å². The van der Waals surface area contributed by atoms with E-state index in [2.05, 4.69) is 0 Å². The monoisotopic (exact) mass is 542 g/mol. The van der Waals surface area contributed by atoms with Gasteiger partial charge >= 0.3 is 11.9 Å². The number of carbonyl (C=O) groups is 2. The van der Waals surface area contributed by atoms with Gasteiger partial charge in [-0.1, -0.05) is 58.4 Å². The molecule has 3 fully saturated rings. The second-order valence-corrected chi connectivity index (χ2v) is 13.1. The fourth-order valence-corrected chi connectivity index (χ4v) is 8.72. The summed E-state index contributed by atoms with van der Waals surface area (Å²) in [5.41, 5.74) is -3.14. The van der Waals surface area contributed by atoms with E-state index in [1.807, 2.05) is 41.5 Å². The molecule has 0 amide bonds. The Morgan fingerprint density at radius 2 is 1.72 bits per heavy atom. The lowest BCUT2D eigenvalue weighted by molar-refractivity contribution is -0.356. The average molecular weight is 543 g/mol. The second-order valence-electron chi connectivity index (χ2n) is 13.1. The van der Waals surface area contributed by atoms with Gasteiger partial charge in [-0.05, 0) is 37.0 Å². The number of hydrogen-bond donors (Lipinski definition) is 3. The highest BCUT2D eigenvalue weighted by atomic mass is 16.6. The van der Waals surface area contributed by atoms with Crippen LogP contribution in [0.3, 0.4) is 0 Å². The summed E-state index contributed by atoms with van der Waals surface area (Å²) in [5, 5.41) is 36.4. The van der Waals surface area contributed by atoms with Crippen molar-refractivity contribution >= 4 is 11.9 Å². The van der Waals surface area contributed by atoms with Gasteiger partial charge in [0.1, 0.15) is 17.8 Å². The van der Waals surface area contributed by atoms with Crippen LogP contribution < -0.4 is 0 Å². The fraction of sp³-hybridized carbons (Fsp3) is 0.677. The van der Waals surface area contributed by atoms with Crippen LogP contribution in [0.25, 0.3) is 0 Å².